The highest BCUT2D eigenvalue weighted by Crippen LogP contribution is 2.48. The van der Waals surface area contributed by atoms with Gasteiger partial charge in [-0.3, -0.25) is 0 Å². The predicted octanol–water partition coefficient (Wildman–Crippen LogP) is 20.3. The van der Waals surface area contributed by atoms with Gasteiger partial charge in [-0.1, -0.05) is 171 Å². The van der Waals surface area contributed by atoms with Gasteiger partial charge in [-0.05, 0) is 175 Å². The van der Waals surface area contributed by atoms with Gasteiger partial charge in [0, 0.05) is 39.2 Å². The first-order valence-corrected chi connectivity index (χ1v) is 25.6. The third kappa shape index (κ3) is 9.15. The molecule has 0 aliphatic heterocycles. The topological polar surface area (TPSA) is 19.6 Å². The quantitative estimate of drug-likeness (QED) is 0.151. The Morgan fingerprint density at radius 2 is 0.768 bits per heavy atom. The second kappa shape index (κ2) is 17.4. The predicted molar refractivity (Wildman–Crippen MR) is 301 cm³/mol. The maximum atomic E-state index is 7.04. The van der Waals surface area contributed by atoms with Crippen molar-refractivity contribution in [3.63, 3.8) is 0 Å². The summed E-state index contributed by atoms with van der Waals surface area (Å²) in [6.45, 7) is 36.9. The van der Waals surface area contributed by atoms with E-state index in [0.29, 0.717) is 0 Å². The number of nitrogens with zero attached hydrogens (tertiary/aromatic N) is 2. The molecule has 7 aromatic carbocycles. The summed E-state index contributed by atoms with van der Waals surface area (Å²) in [4.78, 5) is 5.00. The van der Waals surface area contributed by atoms with Crippen LogP contribution in [0.5, 0.6) is 0 Å². The summed E-state index contributed by atoms with van der Waals surface area (Å²) in [5.41, 5.74) is 17.6. The van der Waals surface area contributed by atoms with Gasteiger partial charge in [0.15, 0.2) is 0 Å². The highest BCUT2D eigenvalue weighted by Gasteiger charge is 2.28. The molecular formula is C66H76N2O. The van der Waals surface area contributed by atoms with E-state index in [4.69, 9.17) is 4.42 Å². The molecule has 0 saturated heterocycles. The summed E-state index contributed by atoms with van der Waals surface area (Å²) < 4.78 is 7.04. The molecule has 1 aromatic heterocycles. The number of allylic oxidation sites excluding steroid dienone is 4. The highest BCUT2D eigenvalue weighted by molar-refractivity contribution is 6.15. The summed E-state index contributed by atoms with van der Waals surface area (Å²) >= 11 is 0. The molecule has 3 nitrogen and oxygen atoms in total. The van der Waals surface area contributed by atoms with Crippen molar-refractivity contribution in [2.24, 2.45) is 5.41 Å². The number of hydrogen-bond acceptors (Lipinski definition) is 3. The van der Waals surface area contributed by atoms with Gasteiger partial charge in [0.05, 0.1) is 5.69 Å². The van der Waals surface area contributed by atoms with Crippen molar-refractivity contribution in [2.45, 2.75) is 152 Å². The molecule has 0 fully saturated rings. The van der Waals surface area contributed by atoms with E-state index >= 15 is 0 Å². The van der Waals surface area contributed by atoms with E-state index in [9.17, 15) is 0 Å². The van der Waals surface area contributed by atoms with E-state index < -0.39 is 0 Å². The summed E-state index contributed by atoms with van der Waals surface area (Å²) in [5, 5.41) is 7.23. The van der Waals surface area contributed by atoms with Crippen LogP contribution in [0.25, 0.3) is 43.5 Å². The minimum Gasteiger partial charge on any atom is -0.456 e. The van der Waals surface area contributed by atoms with Crippen molar-refractivity contribution in [3.8, 4) is 0 Å². The minimum absolute atomic E-state index is 0.0623. The normalized spacial score (nSPS) is 14.1. The number of fused-ring (bicyclic) bond motifs is 5. The Labute approximate surface area is 413 Å². The first-order valence-electron chi connectivity index (χ1n) is 25.6. The van der Waals surface area contributed by atoms with Gasteiger partial charge in [0.2, 0.25) is 0 Å². The lowest BCUT2D eigenvalue weighted by atomic mass is 9.81. The molecule has 0 amide bonds. The van der Waals surface area contributed by atoms with Crippen molar-refractivity contribution in [2.75, 3.05) is 9.80 Å². The maximum absolute atomic E-state index is 7.04. The van der Waals surface area contributed by atoms with Crippen LogP contribution in [0.1, 0.15) is 163 Å². The Morgan fingerprint density at radius 1 is 0.391 bits per heavy atom. The first-order chi connectivity index (χ1) is 32.4. The molecule has 0 N–H and O–H groups in total. The van der Waals surface area contributed by atoms with Crippen molar-refractivity contribution >= 4 is 71.9 Å². The van der Waals surface area contributed by atoms with Crippen LogP contribution in [-0.4, -0.2) is 0 Å². The van der Waals surface area contributed by atoms with Gasteiger partial charge in [0.25, 0.3) is 0 Å². The van der Waals surface area contributed by atoms with Gasteiger partial charge in [-0.2, -0.15) is 0 Å². The SMILES string of the molecule is CC(C)c1c(N(C2=CC=C(C(C)(C)C)CC2)c2ccc(C(C)(C)C)cc2)ccc2cc3c(cc12)oc1cc2c(C(C)C)c(N(c4ccc(C(C)(C)C)cc4)c4ccc(C(C)(C)C)cc4)ccc2cc13. The third-order valence-corrected chi connectivity index (χ3v) is 14.8. The standard InChI is InChI=1S/C66H76N2O/c1-41(2)61-53-39-59-55(37-43(53)17-35-57(61)67(49-27-19-45(20-28-49)63(5,6)7)50-29-21-46(22-30-50)64(8,9)10)56-38-44-18-36-58(62(42(3)4)54(44)40-60(56)69-59)68(51-31-23-47(24-32-51)65(11,12)13)52-33-25-48(26-34-52)66(14,15)16/h17-25,27-33,35-42H,26,34H2,1-16H3. The molecule has 0 spiro atoms. The molecular weight excluding hydrogens is 837 g/mol. The Balaban J connectivity index is 1.21. The average molecular weight is 913 g/mol. The minimum atomic E-state index is 0.0623. The Kier molecular flexibility index (Phi) is 12.1. The zero-order chi connectivity index (χ0) is 49.5. The maximum Gasteiger partial charge on any atom is 0.136 e. The number of anilines is 5. The van der Waals surface area contributed by atoms with Gasteiger partial charge in [0.1, 0.15) is 11.2 Å². The van der Waals surface area contributed by atoms with Crippen LogP contribution in [0.3, 0.4) is 0 Å². The monoisotopic (exact) mass is 913 g/mol. The molecule has 69 heavy (non-hydrogen) atoms. The summed E-state index contributed by atoms with van der Waals surface area (Å²) in [6.07, 6.45) is 6.80. The number of furan rings is 1. The molecule has 356 valence electrons. The lowest BCUT2D eigenvalue weighted by molar-refractivity contribution is 0.479. The highest BCUT2D eigenvalue weighted by atomic mass is 16.3. The molecule has 0 atom stereocenters. The number of hydrogen-bond donors (Lipinski definition) is 0. The summed E-state index contributed by atoms with van der Waals surface area (Å²) in [7, 11) is 0. The van der Waals surface area contributed by atoms with Crippen molar-refractivity contribution in [3.05, 3.63) is 173 Å². The second-order valence-electron chi connectivity index (χ2n) is 24.7. The first kappa shape index (κ1) is 48.0. The third-order valence-electron chi connectivity index (χ3n) is 14.8. The van der Waals surface area contributed by atoms with Crippen LogP contribution in [-0.2, 0) is 16.2 Å². The zero-order valence-electron chi connectivity index (χ0n) is 44.6. The average Bonchev–Trinajstić information content (AvgIpc) is 3.62. The van der Waals surface area contributed by atoms with Crippen LogP contribution in [0.4, 0.5) is 28.4 Å². The molecule has 0 saturated carbocycles. The number of rotatable bonds is 8. The van der Waals surface area contributed by atoms with Crippen LogP contribution in [0, 0.1) is 5.41 Å². The fourth-order valence-corrected chi connectivity index (χ4v) is 10.7. The van der Waals surface area contributed by atoms with Gasteiger partial charge < -0.3 is 14.2 Å². The van der Waals surface area contributed by atoms with Gasteiger partial charge in [-0.25, -0.2) is 0 Å². The fourth-order valence-electron chi connectivity index (χ4n) is 10.7. The van der Waals surface area contributed by atoms with E-state index in [-0.39, 0.29) is 33.5 Å². The smallest absolute Gasteiger partial charge is 0.136 e. The molecule has 0 unspecified atom stereocenters. The van der Waals surface area contributed by atoms with Gasteiger partial charge in [-0.15, -0.1) is 0 Å². The molecule has 8 aromatic rings. The van der Waals surface area contributed by atoms with E-state index in [1.807, 2.05) is 0 Å². The Morgan fingerprint density at radius 3 is 1.10 bits per heavy atom. The number of benzene rings is 7. The van der Waals surface area contributed by atoms with Gasteiger partial charge >= 0.3 is 0 Å². The van der Waals surface area contributed by atoms with Crippen LogP contribution in [0.15, 0.2) is 149 Å². The second-order valence-corrected chi connectivity index (χ2v) is 24.7. The van der Waals surface area contributed by atoms with Crippen LogP contribution < -0.4 is 9.80 Å². The van der Waals surface area contributed by atoms with Crippen molar-refractivity contribution < 1.29 is 4.42 Å². The Bertz CT molecular complexity index is 3210. The van der Waals surface area contributed by atoms with Crippen LogP contribution in [0.2, 0.25) is 0 Å². The van der Waals surface area contributed by atoms with E-state index in [1.54, 1.807) is 0 Å². The largest absolute Gasteiger partial charge is 0.456 e. The zero-order valence-corrected chi connectivity index (χ0v) is 44.6. The van der Waals surface area contributed by atoms with Crippen molar-refractivity contribution in [1.29, 1.82) is 0 Å². The molecule has 9 rings (SSSR count). The molecule has 0 radical (unpaired) electrons. The van der Waals surface area contributed by atoms with E-state index in [2.05, 4.69) is 254 Å². The molecule has 3 heteroatoms. The summed E-state index contributed by atoms with van der Waals surface area (Å²) in [6, 6.07) is 46.4. The van der Waals surface area contributed by atoms with Crippen molar-refractivity contribution in [1.82, 2.24) is 0 Å². The molecule has 1 aliphatic carbocycles. The Hall–Kier alpha value is -6.06. The summed E-state index contributed by atoms with van der Waals surface area (Å²) in [5.74, 6) is 0.506. The molecule has 0 bridgehead atoms. The fraction of sp³-hybridized carbons (Fsp3) is 0.364. The van der Waals surface area contributed by atoms with Crippen LogP contribution >= 0.6 is 0 Å². The lowest BCUT2D eigenvalue weighted by Crippen LogP contribution is -2.22. The van der Waals surface area contributed by atoms with E-state index in [0.717, 1.165) is 46.2 Å². The molecule has 1 heterocycles. The lowest BCUT2D eigenvalue weighted by Gasteiger charge is -2.35. The molecule has 1 aliphatic rings. The van der Waals surface area contributed by atoms with E-state index in [1.165, 1.54) is 77.7 Å².